The number of rotatable bonds is 4. The summed E-state index contributed by atoms with van der Waals surface area (Å²) in [5, 5.41) is 4.97. The molecule has 0 saturated carbocycles. The van der Waals surface area contributed by atoms with Crippen LogP contribution in [0.5, 0.6) is 0 Å². The molecule has 0 aliphatic heterocycles. The van der Waals surface area contributed by atoms with Crippen molar-refractivity contribution >= 4 is 33.9 Å². The Balaban J connectivity index is 2.47. The molecule has 0 bridgehead atoms. The van der Waals surface area contributed by atoms with E-state index in [4.69, 9.17) is 0 Å². The average molecular weight is 397 g/mol. The van der Waals surface area contributed by atoms with Gasteiger partial charge in [-0.3, -0.25) is 0 Å². The van der Waals surface area contributed by atoms with Gasteiger partial charge in [0, 0.05) is 11.6 Å². The van der Waals surface area contributed by atoms with Crippen LogP contribution in [0.1, 0.15) is 24.1 Å². The molecule has 1 unspecified atom stereocenters. The summed E-state index contributed by atoms with van der Waals surface area (Å²) in [4.78, 5) is 0. The van der Waals surface area contributed by atoms with Gasteiger partial charge in [0.1, 0.15) is 5.82 Å². The van der Waals surface area contributed by atoms with Crippen LogP contribution in [0.15, 0.2) is 23.6 Å². The maximum atomic E-state index is 13.9. The van der Waals surface area contributed by atoms with Crippen LogP contribution in [-0.4, -0.2) is 6.54 Å². The first kappa shape index (κ1) is 14.8. The Morgan fingerprint density at radius 3 is 2.42 bits per heavy atom. The molecule has 2 aromatic rings. The van der Waals surface area contributed by atoms with Crippen molar-refractivity contribution < 1.29 is 13.2 Å². The molecule has 1 atom stereocenters. The van der Waals surface area contributed by atoms with E-state index >= 15 is 0 Å². The lowest BCUT2D eigenvalue weighted by Crippen LogP contribution is -2.23. The van der Waals surface area contributed by atoms with E-state index in [-0.39, 0.29) is 5.56 Å². The predicted molar refractivity (Wildman–Crippen MR) is 78.9 cm³/mol. The van der Waals surface area contributed by atoms with Gasteiger partial charge < -0.3 is 5.32 Å². The van der Waals surface area contributed by atoms with E-state index in [9.17, 15) is 13.2 Å². The Hall–Kier alpha value is -0.600. The monoisotopic (exact) mass is 397 g/mol. The molecule has 0 saturated heterocycles. The fourth-order valence-electron chi connectivity index (χ4n) is 1.85. The molecule has 0 amide bonds. The minimum Gasteiger partial charge on any atom is -0.306 e. The summed E-state index contributed by atoms with van der Waals surface area (Å²) in [7, 11) is 0. The smallest absolute Gasteiger partial charge is 0.161 e. The second-order valence-electron chi connectivity index (χ2n) is 3.96. The molecule has 102 valence electrons. The van der Waals surface area contributed by atoms with Gasteiger partial charge in [0.15, 0.2) is 11.6 Å². The number of halogens is 4. The van der Waals surface area contributed by atoms with Crippen molar-refractivity contribution in [3.05, 3.63) is 55.0 Å². The van der Waals surface area contributed by atoms with E-state index in [1.54, 1.807) is 0 Å². The number of thiophene rings is 1. The second-order valence-corrected chi connectivity index (χ2v) is 6.77. The van der Waals surface area contributed by atoms with Gasteiger partial charge >= 0.3 is 0 Å². The van der Waals surface area contributed by atoms with Crippen LogP contribution in [0.4, 0.5) is 13.2 Å². The quantitative estimate of drug-likeness (QED) is 0.593. The van der Waals surface area contributed by atoms with E-state index in [0.29, 0.717) is 12.6 Å². The molecule has 6 heteroatoms. The molecule has 2 rings (SSSR count). The van der Waals surface area contributed by atoms with Crippen LogP contribution in [-0.2, 0) is 0 Å². The van der Waals surface area contributed by atoms with Crippen LogP contribution in [0.2, 0.25) is 0 Å². The van der Waals surface area contributed by atoms with Gasteiger partial charge in [-0.2, -0.15) is 0 Å². The van der Waals surface area contributed by atoms with Crippen LogP contribution < -0.4 is 5.32 Å². The normalized spacial score (nSPS) is 12.7. The first-order chi connectivity index (χ1) is 9.02. The highest BCUT2D eigenvalue weighted by Crippen LogP contribution is 2.29. The van der Waals surface area contributed by atoms with Gasteiger partial charge in [-0.05, 0) is 52.2 Å². The standard InChI is InChI=1S/C13H11F3INS/c1-2-18-13(7-3-12(17)19-6-7)8-4-10(15)11(16)5-9(8)14/h3-6,13,18H,2H2,1H3. The lowest BCUT2D eigenvalue weighted by molar-refractivity contribution is 0.481. The zero-order chi connectivity index (χ0) is 14.0. The Morgan fingerprint density at radius 2 is 1.84 bits per heavy atom. The molecule has 0 radical (unpaired) electrons. The Morgan fingerprint density at radius 1 is 1.16 bits per heavy atom. The van der Waals surface area contributed by atoms with Crippen molar-refractivity contribution in [2.75, 3.05) is 6.54 Å². The molecule has 0 spiro atoms. The Labute approximate surface area is 127 Å². The van der Waals surface area contributed by atoms with Crippen LogP contribution in [0.25, 0.3) is 0 Å². The van der Waals surface area contributed by atoms with E-state index < -0.39 is 23.5 Å². The van der Waals surface area contributed by atoms with Gasteiger partial charge in [0.05, 0.1) is 8.93 Å². The average Bonchev–Trinajstić information content (AvgIpc) is 2.78. The molecule has 0 fully saturated rings. The molecule has 1 aromatic heterocycles. The molecule has 1 nitrogen and oxygen atoms in total. The van der Waals surface area contributed by atoms with Gasteiger partial charge in [0.2, 0.25) is 0 Å². The second kappa shape index (κ2) is 6.23. The lowest BCUT2D eigenvalue weighted by atomic mass is 10.0. The highest BCUT2D eigenvalue weighted by atomic mass is 127. The summed E-state index contributed by atoms with van der Waals surface area (Å²) in [6, 6.07) is 2.94. The third-order valence-electron chi connectivity index (χ3n) is 2.68. The number of nitrogens with one attached hydrogen (secondary N) is 1. The molecule has 0 aliphatic rings. The van der Waals surface area contributed by atoms with Crippen LogP contribution in [0, 0.1) is 20.3 Å². The van der Waals surface area contributed by atoms with E-state index in [1.807, 2.05) is 18.4 Å². The molecule has 19 heavy (non-hydrogen) atoms. The molecule has 1 N–H and O–H groups in total. The highest BCUT2D eigenvalue weighted by molar-refractivity contribution is 14.1. The molecule has 1 aromatic carbocycles. The topological polar surface area (TPSA) is 12.0 Å². The van der Waals surface area contributed by atoms with Gasteiger partial charge in [0.25, 0.3) is 0 Å². The maximum Gasteiger partial charge on any atom is 0.161 e. The Kier molecular flexibility index (Phi) is 4.86. The first-order valence-electron chi connectivity index (χ1n) is 5.64. The fraction of sp³-hybridized carbons (Fsp3) is 0.231. The highest BCUT2D eigenvalue weighted by Gasteiger charge is 2.20. The van der Waals surface area contributed by atoms with Crippen molar-refractivity contribution in [2.24, 2.45) is 0 Å². The minimum atomic E-state index is -1.17. The SMILES string of the molecule is CCNC(c1csc(I)c1)c1cc(F)c(F)cc1F. The maximum absolute atomic E-state index is 13.9. The molecule has 1 heterocycles. The molecule has 0 aliphatic carbocycles. The van der Waals surface area contributed by atoms with Crippen molar-refractivity contribution in [2.45, 2.75) is 13.0 Å². The van der Waals surface area contributed by atoms with E-state index in [0.717, 1.165) is 14.5 Å². The first-order valence-corrected chi connectivity index (χ1v) is 7.60. The number of benzene rings is 1. The Bertz CT molecular complexity index is 585. The summed E-state index contributed by atoms with van der Waals surface area (Å²) in [5.41, 5.74) is 0.969. The molecular weight excluding hydrogens is 386 g/mol. The third-order valence-corrected chi connectivity index (χ3v) is 4.49. The van der Waals surface area contributed by atoms with Crippen molar-refractivity contribution in [1.82, 2.24) is 5.32 Å². The minimum absolute atomic E-state index is 0.120. The lowest BCUT2D eigenvalue weighted by Gasteiger charge is -2.18. The van der Waals surface area contributed by atoms with E-state index in [1.165, 1.54) is 11.3 Å². The van der Waals surface area contributed by atoms with Gasteiger partial charge in [-0.15, -0.1) is 11.3 Å². The van der Waals surface area contributed by atoms with Crippen LogP contribution in [0.3, 0.4) is 0 Å². The van der Waals surface area contributed by atoms with Gasteiger partial charge in [-0.25, -0.2) is 13.2 Å². The predicted octanol–water partition coefficient (Wildman–Crippen LogP) is 4.47. The molecular formula is C13H11F3INS. The zero-order valence-electron chi connectivity index (χ0n) is 10.0. The number of hydrogen-bond donors (Lipinski definition) is 1. The van der Waals surface area contributed by atoms with Crippen molar-refractivity contribution in [1.29, 1.82) is 0 Å². The summed E-state index contributed by atoms with van der Waals surface area (Å²) >= 11 is 3.69. The summed E-state index contributed by atoms with van der Waals surface area (Å²) in [6.45, 7) is 2.47. The largest absolute Gasteiger partial charge is 0.306 e. The van der Waals surface area contributed by atoms with Crippen LogP contribution >= 0.6 is 33.9 Å². The number of hydrogen-bond acceptors (Lipinski definition) is 2. The fourth-order valence-corrected chi connectivity index (χ4v) is 3.24. The van der Waals surface area contributed by atoms with E-state index in [2.05, 4.69) is 27.9 Å². The van der Waals surface area contributed by atoms with Crippen molar-refractivity contribution in [3.8, 4) is 0 Å². The van der Waals surface area contributed by atoms with Gasteiger partial charge in [-0.1, -0.05) is 6.92 Å². The summed E-state index contributed by atoms with van der Waals surface area (Å²) in [6.07, 6.45) is 0. The van der Waals surface area contributed by atoms with Crippen molar-refractivity contribution in [3.63, 3.8) is 0 Å². The summed E-state index contributed by atoms with van der Waals surface area (Å²) in [5.74, 6) is -2.95. The third kappa shape index (κ3) is 3.29. The zero-order valence-corrected chi connectivity index (χ0v) is 13.0. The summed E-state index contributed by atoms with van der Waals surface area (Å²) < 4.78 is 41.2.